The summed E-state index contributed by atoms with van der Waals surface area (Å²) in [5, 5.41) is 2.97. The highest BCUT2D eigenvalue weighted by Gasteiger charge is 2.30. The van der Waals surface area contributed by atoms with Crippen molar-refractivity contribution in [3.05, 3.63) is 65.7 Å². The number of amides is 2. The maximum absolute atomic E-state index is 13.0. The van der Waals surface area contributed by atoms with Crippen molar-refractivity contribution in [2.24, 2.45) is 5.92 Å². The van der Waals surface area contributed by atoms with Crippen LogP contribution in [0.2, 0.25) is 0 Å². The minimum absolute atomic E-state index is 0.00289. The van der Waals surface area contributed by atoms with Crippen molar-refractivity contribution in [3.63, 3.8) is 0 Å². The molecule has 1 fully saturated rings. The fraction of sp³-hybridized carbons (Fsp3) is 0.391. The number of nitrogens with zero attached hydrogens (tertiary/aromatic N) is 1. The molecule has 0 bridgehead atoms. The van der Waals surface area contributed by atoms with E-state index >= 15 is 0 Å². The Kier molecular flexibility index (Phi) is 7.26. The lowest BCUT2D eigenvalue weighted by Gasteiger charge is -2.31. The van der Waals surface area contributed by atoms with E-state index in [1.165, 1.54) is 6.07 Å². The van der Waals surface area contributed by atoms with Crippen LogP contribution in [0.1, 0.15) is 42.1 Å². The number of rotatable bonds is 7. The van der Waals surface area contributed by atoms with Gasteiger partial charge >= 0.3 is 0 Å². The van der Waals surface area contributed by atoms with E-state index in [2.05, 4.69) is 5.32 Å². The molecule has 0 radical (unpaired) electrons. The molecule has 0 aromatic heterocycles. The Bertz CT molecular complexity index is 981. The quantitative estimate of drug-likeness (QED) is 0.735. The zero-order valence-electron chi connectivity index (χ0n) is 17.2. The van der Waals surface area contributed by atoms with Crippen molar-refractivity contribution in [2.75, 3.05) is 18.8 Å². The number of hydrogen-bond acceptors (Lipinski definition) is 4. The number of carbonyl (C=O) groups excluding carboxylic acids is 2. The highest BCUT2D eigenvalue weighted by molar-refractivity contribution is 7.91. The number of benzene rings is 2. The summed E-state index contributed by atoms with van der Waals surface area (Å²) in [5.74, 6) is -0.414. The summed E-state index contributed by atoms with van der Waals surface area (Å²) in [4.78, 5) is 27.3. The Morgan fingerprint density at radius 3 is 2.30 bits per heavy atom. The van der Waals surface area contributed by atoms with E-state index < -0.39 is 9.84 Å². The molecular weight excluding hydrogens is 400 g/mol. The predicted molar refractivity (Wildman–Crippen MR) is 116 cm³/mol. The second kappa shape index (κ2) is 9.89. The van der Waals surface area contributed by atoms with E-state index in [4.69, 9.17) is 0 Å². The minimum atomic E-state index is -3.49. The molecule has 2 aromatic carbocycles. The third-order valence-electron chi connectivity index (χ3n) is 5.39. The Labute approximate surface area is 178 Å². The third-order valence-corrected chi connectivity index (χ3v) is 7.36. The molecule has 0 aliphatic carbocycles. The summed E-state index contributed by atoms with van der Waals surface area (Å²) >= 11 is 0. The highest BCUT2D eigenvalue weighted by atomic mass is 32.2. The van der Waals surface area contributed by atoms with Gasteiger partial charge in [0.1, 0.15) is 0 Å². The van der Waals surface area contributed by atoms with Crippen molar-refractivity contribution in [1.82, 2.24) is 10.2 Å². The number of piperidine rings is 1. The smallest absolute Gasteiger partial charge is 0.255 e. The lowest BCUT2D eigenvalue weighted by Crippen LogP contribution is -2.43. The van der Waals surface area contributed by atoms with Crippen LogP contribution in [0.5, 0.6) is 0 Å². The number of hydrogen-bond donors (Lipinski definition) is 1. The number of sulfone groups is 1. The number of nitrogens with one attached hydrogen (secondary N) is 1. The van der Waals surface area contributed by atoms with Crippen molar-refractivity contribution in [2.45, 2.75) is 37.6 Å². The first-order chi connectivity index (χ1) is 14.4. The Morgan fingerprint density at radius 2 is 1.63 bits per heavy atom. The molecule has 1 aliphatic rings. The summed E-state index contributed by atoms with van der Waals surface area (Å²) in [6.07, 6.45) is 1.63. The molecular formula is C23H28N2O4S. The molecule has 7 heteroatoms. The van der Waals surface area contributed by atoms with E-state index in [1.807, 2.05) is 30.3 Å². The topological polar surface area (TPSA) is 83.6 Å². The molecule has 160 valence electrons. The monoisotopic (exact) mass is 428 g/mol. The van der Waals surface area contributed by atoms with Crippen molar-refractivity contribution in [3.8, 4) is 0 Å². The first kappa shape index (κ1) is 22.0. The summed E-state index contributed by atoms with van der Waals surface area (Å²) in [5.41, 5.74) is 1.27. The van der Waals surface area contributed by atoms with Crippen LogP contribution in [-0.4, -0.2) is 44.0 Å². The van der Waals surface area contributed by atoms with Gasteiger partial charge in [-0.3, -0.25) is 9.59 Å². The van der Waals surface area contributed by atoms with Gasteiger partial charge in [-0.15, -0.1) is 0 Å². The minimum Gasteiger partial charge on any atom is -0.352 e. The second-order valence-corrected chi connectivity index (χ2v) is 9.66. The molecule has 3 rings (SSSR count). The second-order valence-electron chi connectivity index (χ2n) is 7.58. The summed E-state index contributed by atoms with van der Waals surface area (Å²) in [7, 11) is -3.49. The molecule has 0 saturated carbocycles. The van der Waals surface area contributed by atoms with Gasteiger partial charge in [0.15, 0.2) is 9.84 Å². The molecule has 0 unspecified atom stereocenters. The van der Waals surface area contributed by atoms with Crippen LogP contribution >= 0.6 is 0 Å². The Morgan fingerprint density at radius 1 is 1.00 bits per heavy atom. The fourth-order valence-corrected chi connectivity index (χ4v) is 5.27. The molecule has 6 nitrogen and oxygen atoms in total. The average molecular weight is 429 g/mol. The van der Waals surface area contributed by atoms with Gasteiger partial charge in [-0.2, -0.15) is 0 Å². The molecule has 0 atom stereocenters. The van der Waals surface area contributed by atoms with Gasteiger partial charge in [-0.1, -0.05) is 49.4 Å². The van der Waals surface area contributed by atoms with Gasteiger partial charge < -0.3 is 10.2 Å². The summed E-state index contributed by atoms with van der Waals surface area (Å²) in [6, 6.07) is 16.1. The van der Waals surface area contributed by atoms with Crippen LogP contribution in [-0.2, 0) is 21.2 Å². The van der Waals surface area contributed by atoms with E-state index in [1.54, 1.807) is 30.0 Å². The first-order valence-electron chi connectivity index (χ1n) is 10.3. The van der Waals surface area contributed by atoms with Crippen LogP contribution in [0.25, 0.3) is 0 Å². The van der Waals surface area contributed by atoms with Gasteiger partial charge in [-0.25, -0.2) is 8.42 Å². The van der Waals surface area contributed by atoms with E-state index in [-0.39, 0.29) is 33.9 Å². The van der Waals surface area contributed by atoms with Crippen LogP contribution in [0.3, 0.4) is 0 Å². The molecule has 1 aliphatic heterocycles. The zero-order chi connectivity index (χ0) is 21.6. The largest absolute Gasteiger partial charge is 0.352 e. The molecule has 0 spiro atoms. The van der Waals surface area contributed by atoms with Gasteiger partial charge in [0.05, 0.1) is 16.2 Å². The third kappa shape index (κ3) is 5.27. The molecule has 1 saturated heterocycles. The SMILES string of the molecule is CCCS(=O)(=O)c1ccccc1C(=O)N1CCC(C(=O)NCc2ccccc2)CC1. The predicted octanol–water partition coefficient (Wildman–Crippen LogP) is 3.04. The van der Waals surface area contributed by atoms with Crippen LogP contribution in [0.15, 0.2) is 59.5 Å². The lowest BCUT2D eigenvalue weighted by molar-refractivity contribution is -0.126. The fourth-order valence-electron chi connectivity index (χ4n) is 3.74. The molecule has 1 N–H and O–H groups in total. The van der Waals surface area contributed by atoms with Gasteiger partial charge in [0.25, 0.3) is 5.91 Å². The Hall–Kier alpha value is -2.67. The van der Waals surface area contributed by atoms with Crippen LogP contribution < -0.4 is 5.32 Å². The molecule has 30 heavy (non-hydrogen) atoms. The van der Waals surface area contributed by atoms with Crippen LogP contribution in [0, 0.1) is 5.92 Å². The van der Waals surface area contributed by atoms with E-state index in [0.29, 0.717) is 38.9 Å². The normalized spacial score (nSPS) is 15.0. The van der Waals surface area contributed by atoms with Crippen LogP contribution in [0.4, 0.5) is 0 Å². The van der Waals surface area contributed by atoms with Crippen molar-refractivity contribution in [1.29, 1.82) is 0 Å². The lowest BCUT2D eigenvalue weighted by atomic mass is 9.95. The van der Waals surface area contributed by atoms with Crippen molar-refractivity contribution < 1.29 is 18.0 Å². The molecule has 2 aromatic rings. The average Bonchev–Trinajstić information content (AvgIpc) is 2.78. The van der Waals surface area contributed by atoms with E-state index in [0.717, 1.165) is 5.56 Å². The molecule has 2 amide bonds. The van der Waals surface area contributed by atoms with Gasteiger partial charge in [0.2, 0.25) is 5.91 Å². The standard InChI is InChI=1S/C23H28N2O4S/c1-2-16-30(28,29)21-11-7-6-10-20(21)23(27)25-14-12-19(13-15-25)22(26)24-17-18-8-4-3-5-9-18/h3-11,19H,2,12-17H2,1H3,(H,24,26). The van der Waals surface area contributed by atoms with Gasteiger partial charge in [-0.05, 0) is 37.0 Å². The highest BCUT2D eigenvalue weighted by Crippen LogP contribution is 2.23. The van der Waals surface area contributed by atoms with Crippen molar-refractivity contribution >= 4 is 21.7 Å². The summed E-state index contributed by atoms with van der Waals surface area (Å²) in [6.45, 7) is 3.16. The maximum atomic E-state index is 13.0. The van der Waals surface area contributed by atoms with Gasteiger partial charge in [0, 0.05) is 25.6 Å². The molecule has 1 heterocycles. The number of likely N-dealkylation sites (tertiary alicyclic amines) is 1. The zero-order valence-corrected chi connectivity index (χ0v) is 18.0. The maximum Gasteiger partial charge on any atom is 0.255 e. The Balaban J connectivity index is 1.60. The first-order valence-corrected chi connectivity index (χ1v) is 12.0. The number of carbonyl (C=O) groups is 2. The summed E-state index contributed by atoms with van der Waals surface area (Å²) < 4.78 is 25.1. The van der Waals surface area contributed by atoms with E-state index in [9.17, 15) is 18.0 Å².